The van der Waals surface area contributed by atoms with E-state index in [9.17, 15) is 4.79 Å². The number of nitrogens with zero attached hydrogens (tertiary/aromatic N) is 1. The van der Waals surface area contributed by atoms with Gasteiger partial charge in [0.2, 0.25) is 0 Å². The normalized spacial score (nSPS) is 10.3. The Balaban J connectivity index is 2.96. The summed E-state index contributed by atoms with van der Waals surface area (Å²) in [4.78, 5) is 10.3. The lowest BCUT2D eigenvalue weighted by molar-refractivity contribution is -0.137. The van der Waals surface area contributed by atoms with Gasteiger partial charge in [-0.3, -0.25) is 4.79 Å². The van der Waals surface area contributed by atoms with Crippen LogP contribution in [-0.4, -0.2) is 11.1 Å². The van der Waals surface area contributed by atoms with Gasteiger partial charge in [-0.1, -0.05) is 70.6 Å². The average molecular weight is 281 g/mol. The first-order valence-corrected chi connectivity index (χ1v) is 8.36. The van der Waals surface area contributed by atoms with Crippen LogP contribution in [0.3, 0.4) is 0 Å². The van der Waals surface area contributed by atoms with E-state index in [0.717, 1.165) is 19.3 Å². The molecule has 0 aliphatic heterocycles. The molecule has 0 amide bonds. The van der Waals surface area contributed by atoms with Gasteiger partial charge in [0.1, 0.15) is 0 Å². The maximum absolute atomic E-state index is 10.3. The smallest absolute Gasteiger partial charge is 0.303 e. The predicted octanol–water partition coefficient (Wildman–Crippen LogP) is 5.45. The largest absolute Gasteiger partial charge is 0.481 e. The maximum atomic E-state index is 10.3. The summed E-state index contributed by atoms with van der Waals surface area (Å²) in [7, 11) is 0. The van der Waals surface area contributed by atoms with E-state index < -0.39 is 5.97 Å². The Morgan fingerprint density at radius 1 is 0.700 bits per heavy atom. The average Bonchev–Trinajstić information content (AvgIpc) is 2.43. The Morgan fingerprint density at radius 3 is 1.40 bits per heavy atom. The summed E-state index contributed by atoms with van der Waals surface area (Å²) in [5.74, 6) is -0.669. The van der Waals surface area contributed by atoms with Gasteiger partial charge in [-0.05, 0) is 12.8 Å². The van der Waals surface area contributed by atoms with Crippen LogP contribution in [0.25, 0.3) is 0 Å². The van der Waals surface area contributed by atoms with Crippen molar-refractivity contribution in [2.75, 3.05) is 0 Å². The summed E-state index contributed by atoms with van der Waals surface area (Å²) in [6, 6.07) is 2.19. The highest BCUT2D eigenvalue weighted by Crippen LogP contribution is 2.13. The number of unbranched alkanes of at least 4 members (excludes halogenated alkanes) is 13. The highest BCUT2D eigenvalue weighted by molar-refractivity contribution is 5.66. The lowest BCUT2D eigenvalue weighted by atomic mass is 10.0. The highest BCUT2D eigenvalue weighted by atomic mass is 16.4. The molecule has 0 aliphatic carbocycles. The Kier molecular flexibility index (Phi) is 15.2. The van der Waals surface area contributed by atoms with Crippen molar-refractivity contribution in [3.63, 3.8) is 0 Å². The minimum Gasteiger partial charge on any atom is -0.481 e. The molecule has 0 heterocycles. The first-order valence-electron chi connectivity index (χ1n) is 8.36. The van der Waals surface area contributed by atoms with Crippen LogP contribution in [0.2, 0.25) is 0 Å². The number of hydrogen-bond donors (Lipinski definition) is 1. The minimum atomic E-state index is -0.669. The second-order valence-corrected chi connectivity index (χ2v) is 5.65. The molecule has 3 nitrogen and oxygen atoms in total. The number of aliphatic carboxylic acids is 1. The third-order valence-corrected chi connectivity index (χ3v) is 3.68. The van der Waals surface area contributed by atoms with E-state index in [1.54, 1.807) is 0 Å². The van der Waals surface area contributed by atoms with Crippen LogP contribution in [0.15, 0.2) is 0 Å². The van der Waals surface area contributed by atoms with Crippen LogP contribution in [-0.2, 0) is 4.79 Å². The van der Waals surface area contributed by atoms with Crippen molar-refractivity contribution in [1.82, 2.24) is 0 Å². The zero-order valence-electron chi connectivity index (χ0n) is 12.9. The van der Waals surface area contributed by atoms with Crippen LogP contribution < -0.4 is 0 Å². The van der Waals surface area contributed by atoms with Crippen LogP contribution in [0.5, 0.6) is 0 Å². The van der Waals surface area contributed by atoms with Gasteiger partial charge in [0, 0.05) is 12.8 Å². The molecule has 0 saturated carbocycles. The fourth-order valence-corrected chi connectivity index (χ4v) is 2.42. The first kappa shape index (κ1) is 19.0. The van der Waals surface area contributed by atoms with Gasteiger partial charge < -0.3 is 5.11 Å². The molecule has 20 heavy (non-hydrogen) atoms. The van der Waals surface area contributed by atoms with E-state index in [1.807, 2.05) is 0 Å². The van der Waals surface area contributed by atoms with Crippen LogP contribution >= 0.6 is 0 Å². The van der Waals surface area contributed by atoms with Crippen molar-refractivity contribution in [2.24, 2.45) is 0 Å². The Hall–Kier alpha value is -1.04. The monoisotopic (exact) mass is 281 g/mol. The number of rotatable bonds is 15. The number of nitriles is 1. The highest BCUT2D eigenvalue weighted by Gasteiger charge is 1.97. The number of carbonyl (C=O) groups is 1. The van der Waals surface area contributed by atoms with Gasteiger partial charge in [0.15, 0.2) is 0 Å². The van der Waals surface area contributed by atoms with Crippen LogP contribution in [0, 0.1) is 11.3 Å². The SMILES string of the molecule is N#CCCCCCCCCCCCCCCCC(=O)O. The summed E-state index contributed by atoms with van der Waals surface area (Å²) in [5.41, 5.74) is 0. The molecular formula is C17H31NO2. The lowest BCUT2D eigenvalue weighted by Gasteiger charge is -2.02. The van der Waals surface area contributed by atoms with Gasteiger partial charge in [0.05, 0.1) is 6.07 Å². The van der Waals surface area contributed by atoms with Gasteiger partial charge in [-0.25, -0.2) is 0 Å². The zero-order valence-corrected chi connectivity index (χ0v) is 12.9. The molecule has 0 spiro atoms. The first-order chi connectivity index (χ1) is 9.77. The molecule has 0 aliphatic rings. The Morgan fingerprint density at radius 2 is 1.05 bits per heavy atom. The van der Waals surface area contributed by atoms with Gasteiger partial charge in [-0.2, -0.15) is 5.26 Å². The number of hydrogen-bond acceptors (Lipinski definition) is 2. The van der Waals surface area contributed by atoms with Gasteiger partial charge >= 0.3 is 5.97 Å². The van der Waals surface area contributed by atoms with E-state index in [-0.39, 0.29) is 0 Å². The van der Waals surface area contributed by atoms with Crippen molar-refractivity contribution in [3.8, 4) is 6.07 Å². The lowest BCUT2D eigenvalue weighted by Crippen LogP contribution is -1.93. The molecule has 116 valence electrons. The molecule has 0 rings (SSSR count). The Bertz CT molecular complexity index is 258. The maximum Gasteiger partial charge on any atom is 0.303 e. The standard InChI is InChI=1S/C17H31NO2/c18-16-14-12-10-8-6-4-2-1-3-5-7-9-11-13-15-17(19)20/h1-15H2,(H,19,20). The van der Waals surface area contributed by atoms with E-state index >= 15 is 0 Å². The van der Waals surface area contributed by atoms with E-state index in [2.05, 4.69) is 6.07 Å². The fraction of sp³-hybridized carbons (Fsp3) is 0.882. The van der Waals surface area contributed by atoms with Crippen LogP contribution in [0.1, 0.15) is 96.3 Å². The molecule has 0 fully saturated rings. The molecule has 0 saturated heterocycles. The molecule has 0 unspecified atom stereocenters. The summed E-state index contributed by atoms with van der Waals surface area (Å²) in [6.45, 7) is 0. The molecule has 0 aromatic rings. The fourth-order valence-electron chi connectivity index (χ4n) is 2.42. The van der Waals surface area contributed by atoms with Gasteiger partial charge in [0.25, 0.3) is 0 Å². The van der Waals surface area contributed by atoms with E-state index in [0.29, 0.717) is 12.8 Å². The van der Waals surface area contributed by atoms with Gasteiger partial charge in [-0.15, -0.1) is 0 Å². The Labute approximate surface area is 124 Å². The molecule has 0 atom stereocenters. The van der Waals surface area contributed by atoms with Crippen molar-refractivity contribution >= 4 is 5.97 Å². The molecule has 0 aromatic heterocycles. The topological polar surface area (TPSA) is 61.1 Å². The zero-order chi connectivity index (χ0) is 14.9. The summed E-state index contributed by atoms with van der Waals surface area (Å²) < 4.78 is 0. The molecule has 0 bridgehead atoms. The predicted molar refractivity (Wildman–Crippen MR) is 82.5 cm³/mol. The third kappa shape index (κ3) is 17.0. The molecule has 3 heteroatoms. The van der Waals surface area contributed by atoms with Crippen molar-refractivity contribution in [2.45, 2.75) is 96.3 Å². The molecule has 1 N–H and O–H groups in total. The van der Waals surface area contributed by atoms with E-state index in [4.69, 9.17) is 10.4 Å². The summed E-state index contributed by atoms with van der Waals surface area (Å²) >= 11 is 0. The number of carboxylic acids is 1. The van der Waals surface area contributed by atoms with Crippen molar-refractivity contribution in [1.29, 1.82) is 5.26 Å². The van der Waals surface area contributed by atoms with Crippen molar-refractivity contribution in [3.05, 3.63) is 0 Å². The molecule has 0 radical (unpaired) electrons. The second kappa shape index (κ2) is 16.0. The van der Waals surface area contributed by atoms with E-state index in [1.165, 1.54) is 64.2 Å². The van der Waals surface area contributed by atoms with Crippen molar-refractivity contribution < 1.29 is 9.90 Å². The second-order valence-electron chi connectivity index (χ2n) is 5.65. The number of carboxylic acid groups (broad SMARTS) is 1. The quantitative estimate of drug-likeness (QED) is 0.406. The minimum absolute atomic E-state index is 0.328. The third-order valence-electron chi connectivity index (χ3n) is 3.68. The van der Waals surface area contributed by atoms with Crippen LogP contribution in [0.4, 0.5) is 0 Å². The molecule has 0 aromatic carbocycles. The summed E-state index contributed by atoms with van der Waals surface area (Å²) in [6.07, 6.45) is 16.9. The molecular weight excluding hydrogens is 250 g/mol. The summed E-state index contributed by atoms with van der Waals surface area (Å²) in [5, 5.41) is 16.9.